The van der Waals surface area contributed by atoms with Gasteiger partial charge in [0.25, 0.3) is 0 Å². The number of fused-ring (bicyclic) bond motifs is 6. The zero-order valence-corrected chi connectivity index (χ0v) is 23.9. The first-order chi connectivity index (χ1) is 20.7. The van der Waals surface area contributed by atoms with Crippen molar-refractivity contribution in [1.29, 1.82) is 10.5 Å². The van der Waals surface area contributed by atoms with Crippen LogP contribution >= 0.6 is 22.7 Å². The summed E-state index contributed by atoms with van der Waals surface area (Å²) < 4.78 is 5.06. The second-order valence-electron chi connectivity index (χ2n) is 10.4. The zero-order valence-electron chi connectivity index (χ0n) is 22.3. The summed E-state index contributed by atoms with van der Waals surface area (Å²) in [4.78, 5) is 0. The van der Waals surface area contributed by atoms with Gasteiger partial charge in [-0.3, -0.25) is 0 Å². The molecule has 0 spiro atoms. The van der Waals surface area contributed by atoms with Crippen LogP contribution in [0, 0.1) is 22.7 Å². The van der Waals surface area contributed by atoms with Crippen molar-refractivity contribution < 1.29 is 0 Å². The molecule has 0 atom stereocenters. The average molecular weight is 569 g/mol. The van der Waals surface area contributed by atoms with Gasteiger partial charge < -0.3 is 0 Å². The zero-order chi connectivity index (χ0) is 28.2. The first-order valence-corrected chi connectivity index (χ1v) is 15.3. The van der Waals surface area contributed by atoms with E-state index in [0.29, 0.717) is 11.1 Å². The summed E-state index contributed by atoms with van der Waals surface area (Å²) in [5.74, 6) is 0. The number of nitriles is 2. The van der Waals surface area contributed by atoms with Crippen molar-refractivity contribution in [3.63, 3.8) is 0 Å². The topological polar surface area (TPSA) is 47.6 Å². The van der Waals surface area contributed by atoms with E-state index in [1.807, 2.05) is 28.7 Å². The maximum atomic E-state index is 10.0. The molecule has 42 heavy (non-hydrogen) atoms. The molecule has 0 N–H and O–H groups in total. The Balaban J connectivity index is 1.41. The molecule has 2 aromatic heterocycles. The van der Waals surface area contributed by atoms with E-state index in [0.717, 1.165) is 27.8 Å². The third-order valence-corrected chi connectivity index (χ3v) is 10.2. The predicted molar refractivity (Wildman–Crippen MR) is 178 cm³/mol. The summed E-state index contributed by atoms with van der Waals surface area (Å²) in [6, 6.07) is 46.9. The van der Waals surface area contributed by atoms with Gasteiger partial charge in [0, 0.05) is 40.3 Å². The monoisotopic (exact) mass is 568 g/mol. The van der Waals surface area contributed by atoms with Gasteiger partial charge in [0.1, 0.15) is 0 Å². The Bertz CT molecular complexity index is 2450. The second kappa shape index (κ2) is 9.68. The summed E-state index contributed by atoms with van der Waals surface area (Å²) in [5, 5.41) is 24.5. The smallest absolute Gasteiger partial charge is 0.0998 e. The number of nitrogens with zero attached hydrogens (tertiary/aromatic N) is 2. The molecule has 4 heteroatoms. The molecule has 0 unspecified atom stereocenters. The van der Waals surface area contributed by atoms with Gasteiger partial charge in [-0.1, -0.05) is 66.7 Å². The second-order valence-corrected chi connectivity index (χ2v) is 12.5. The van der Waals surface area contributed by atoms with Crippen LogP contribution in [-0.4, -0.2) is 0 Å². The maximum Gasteiger partial charge on any atom is 0.0998 e. The molecule has 0 saturated heterocycles. The standard InChI is InChI=1S/C38H20N2S2/c39-21-23-12-14-29(28(16-23)22-40)26-17-25(24-13-15-32-31-6-1-3-9-34(31)42-37(32)20-24)18-27(19-26)30-8-5-11-36-38(30)33-7-2-4-10-35(33)41-36/h1-20H. The number of rotatable bonds is 3. The molecule has 6 aromatic carbocycles. The van der Waals surface area contributed by atoms with Crippen LogP contribution in [0.15, 0.2) is 121 Å². The maximum absolute atomic E-state index is 10.0. The molecule has 194 valence electrons. The highest BCUT2D eigenvalue weighted by Crippen LogP contribution is 2.43. The molecule has 2 heterocycles. The van der Waals surface area contributed by atoms with E-state index in [4.69, 9.17) is 0 Å². The van der Waals surface area contributed by atoms with Crippen molar-refractivity contribution in [2.75, 3.05) is 0 Å². The third kappa shape index (κ3) is 3.90. The molecular formula is C38H20N2S2. The molecule has 0 radical (unpaired) electrons. The minimum absolute atomic E-state index is 0.483. The van der Waals surface area contributed by atoms with Gasteiger partial charge >= 0.3 is 0 Å². The molecule has 8 aromatic rings. The van der Waals surface area contributed by atoms with E-state index in [9.17, 15) is 10.5 Å². The molecule has 0 aliphatic carbocycles. The third-order valence-electron chi connectivity index (χ3n) is 7.94. The van der Waals surface area contributed by atoms with Gasteiger partial charge in [-0.25, -0.2) is 0 Å². The number of thiophene rings is 2. The lowest BCUT2D eigenvalue weighted by Gasteiger charge is -2.13. The summed E-state index contributed by atoms with van der Waals surface area (Å²) in [6.45, 7) is 0. The van der Waals surface area contributed by atoms with E-state index in [1.165, 1.54) is 45.9 Å². The molecular weight excluding hydrogens is 549 g/mol. The van der Waals surface area contributed by atoms with E-state index >= 15 is 0 Å². The normalized spacial score (nSPS) is 11.3. The average Bonchev–Trinajstić information content (AvgIpc) is 3.62. The van der Waals surface area contributed by atoms with Gasteiger partial charge in [0.15, 0.2) is 0 Å². The molecule has 0 aliphatic rings. The molecule has 0 fully saturated rings. The van der Waals surface area contributed by atoms with Crippen LogP contribution < -0.4 is 0 Å². The van der Waals surface area contributed by atoms with Crippen molar-refractivity contribution >= 4 is 63.0 Å². The van der Waals surface area contributed by atoms with E-state index in [-0.39, 0.29) is 0 Å². The Morgan fingerprint density at radius 1 is 0.429 bits per heavy atom. The Morgan fingerprint density at radius 2 is 1.10 bits per heavy atom. The van der Waals surface area contributed by atoms with Crippen molar-refractivity contribution in [2.24, 2.45) is 0 Å². The van der Waals surface area contributed by atoms with Crippen molar-refractivity contribution in [3.8, 4) is 45.5 Å². The van der Waals surface area contributed by atoms with Crippen molar-refractivity contribution in [2.45, 2.75) is 0 Å². The summed E-state index contributed by atoms with van der Waals surface area (Å²) in [7, 11) is 0. The Morgan fingerprint density at radius 3 is 1.90 bits per heavy atom. The minimum atomic E-state index is 0.483. The van der Waals surface area contributed by atoms with Crippen LogP contribution in [-0.2, 0) is 0 Å². The van der Waals surface area contributed by atoms with Crippen molar-refractivity contribution in [3.05, 3.63) is 132 Å². The number of benzene rings is 6. The lowest BCUT2D eigenvalue weighted by Crippen LogP contribution is -1.90. The van der Waals surface area contributed by atoms with Gasteiger partial charge in [0.2, 0.25) is 0 Å². The molecule has 0 aliphatic heterocycles. The fourth-order valence-electron chi connectivity index (χ4n) is 5.98. The molecule has 8 rings (SSSR count). The van der Waals surface area contributed by atoms with Crippen LogP contribution in [0.4, 0.5) is 0 Å². The first-order valence-electron chi connectivity index (χ1n) is 13.6. The van der Waals surface area contributed by atoms with E-state index in [2.05, 4.69) is 115 Å². The van der Waals surface area contributed by atoms with Gasteiger partial charge in [0.05, 0.1) is 23.3 Å². The van der Waals surface area contributed by atoms with Gasteiger partial charge in [-0.2, -0.15) is 10.5 Å². The Hall–Kier alpha value is -5.26. The Labute approximate surface area is 250 Å². The van der Waals surface area contributed by atoms with Crippen LogP contribution in [0.5, 0.6) is 0 Å². The molecule has 0 amide bonds. The van der Waals surface area contributed by atoms with Crippen molar-refractivity contribution in [1.82, 2.24) is 0 Å². The Kier molecular flexibility index (Phi) is 5.66. The number of hydrogen-bond donors (Lipinski definition) is 0. The van der Waals surface area contributed by atoms with Gasteiger partial charge in [-0.15, -0.1) is 22.7 Å². The van der Waals surface area contributed by atoms with Crippen LogP contribution in [0.3, 0.4) is 0 Å². The van der Waals surface area contributed by atoms with E-state index < -0.39 is 0 Å². The summed E-state index contributed by atoms with van der Waals surface area (Å²) in [6.07, 6.45) is 0. The van der Waals surface area contributed by atoms with Crippen LogP contribution in [0.2, 0.25) is 0 Å². The van der Waals surface area contributed by atoms with Crippen LogP contribution in [0.25, 0.3) is 73.7 Å². The highest BCUT2D eigenvalue weighted by atomic mass is 32.1. The van der Waals surface area contributed by atoms with E-state index in [1.54, 1.807) is 12.1 Å². The van der Waals surface area contributed by atoms with Gasteiger partial charge in [-0.05, 0) is 88.0 Å². The largest absolute Gasteiger partial charge is 0.192 e. The lowest BCUT2D eigenvalue weighted by molar-refractivity contribution is 1.44. The summed E-state index contributed by atoms with van der Waals surface area (Å²) in [5.41, 5.74) is 7.25. The predicted octanol–water partition coefficient (Wildman–Crippen LogP) is 11.2. The molecule has 0 bridgehead atoms. The first kappa shape index (κ1) is 24.5. The highest BCUT2D eigenvalue weighted by molar-refractivity contribution is 7.26. The molecule has 0 saturated carbocycles. The number of hydrogen-bond acceptors (Lipinski definition) is 4. The van der Waals surface area contributed by atoms with Crippen LogP contribution in [0.1, 0.15) is 11.1 Å². The highest BCUT2D eigenvalue weighted by Gasteiger charge is 2.16. The molecule has 2 nitrogen and oxygen atoms in total. The lowest BCUT2D eigenvalue weighted by atomic mass is 9.90. The quantitative estimate of drug-likeness (QED) is 0.213. The summed E-state index contributed by atoms with van der Waals surface area (Å²) >= 11 is 3.63. The fourth-order valence-corrected chi connectivity index (χ4v) is 8.26. The fraction of sp³-hybridized carbons (Fsp3) is 0. The SMILES string of the molecule is N#Cc1ccc(-c2cc(-c3ccc4c(c3)sc3ccccc34)cc(-c3cccc4sc5ccccc5c34)c2)c(C#N)c1. The minimum Gasteiger partial charge on any atom is -0.192 e.